The fourth-order valence-electron chi connectivity index (χ4n) is 2.28. The van der Waals surface area contributed by atoms with E-state index in [1.54, 1.807) is 0 Å². The van der Waals surface area contributed by atoms with Crippen molar-refractivity contribution in [2.45, 2.75) is 38.5 Å². The van der Waals surface area contributed by atoms with Gasteiger partial charge in [-0.3, -0.25) is 4.99 Å². The van der Waals surface area contributed by atoms with Crippen LogP contribution in [0.15, 0.2) is 35.3 Å². The maximum absolute atomic E-state index is 4.26. The van der Waals surface area contributed by atoms with E-state index in [4.69, 9.17) is 0 Å². The Morgan fingerprint density at radius 3 is 2.27 bits per heavy atom. The summed E-state index contributed by atoms with van der Waals surface area (Å²) < 4.78 is 0. The van der Waals surface area contributed by atoms with E-state index in [2.05, 4.69) is 52.2 Å². The third-order valence-electron chi connectivity index (χ3n) is 3.57. The number of aliphatic imine (C=N–C) groups is 1. The number of rotatable bonds is 11. The highest BCUT2D eigenvalue weighted by molar-refractivity contribution is 7.98. The SMILES string of the molecule is CN=C(NCCCCCc1ccccc1)NCCCCSC. The maximum atomic E-state index is 4.26. The second-order valence-electron chi connectivity index (χ2n) is 5.42. The van der Waals surface area contributed by atoms with Crippen LogP contribution in [0, 0.1) is 0 Å². The second kappa shape index (κ2) is 13.5. The Balaban J connectivity index is 1.97. The summed E-state index contributed by atoms with van der Waals surface area (Å²) in [6.45, 7) is 2.01. The van der Waals surface area contributed by atoms with E-state index in [1.807, 2.05) is 18.8 Å². The lowest BCUT2D eigenvalue weighted by atomic mass is 10.1. The Morgan fingerprint density at radius 1 is 0.955 bits per heavy atom. The molecule has 0 atom stereocenters. The van der Waals surface area contributed by atoms with Gasteiger partial charge in [-0.2, -0.15) is 11.8 Å². The van der Waals surface area contributed by atoms with Crippen molar-refractivity contribution in [2.24, 2.45) is 4.99 Å². The largest absolute Gasteiger partial charge is 0.356 e. The standard InChI is InChI=1S/C18H31N3S/c1-19-18(21-15-9-10-16-22-2)20-14-8-4-7-13-17-11-5-3-6-12-17/h3,5-6,11-12H,4,7-10,13-16H2,1-2H3,(H2,19,20,21). The van der Waals surface area contributed by atoms with E-state index >= 15 is 0 Å². The Kier molecular flexibility index (Phi) is 11.6. The van der Waals surface area contributed by atoms with Crippen molar-refractivity contribution in [2.75, 3.05) is 32.1 Å². The number of unbranched alkanes of at least 4 members (excludes halogenated alkanes) is 3. The summed E-state index contributed by atoms with van der Waals surface area (Å²) in [6.07, 6.45) is 9.53. The van der Waals surface area contributed by atoms with Gasteiger partial charge in [-0.15, -0.1) is 0 Å². The van der Waals surface area contributed by atoms with Gasteiger partial charge in [0.1, 0.15) is 0 Å². The van der Waals surface area contributed by atoms with Crippen molar-refractivity contribution in [3.8, 4) is 0 Å². The molecular formula is C18H31N3S. The average Bonchev–Trinajstić information content (AvgIpc) is 2.56. The lowest BCUT2D eigenvalue weighted by molar-refractivity contribution is 0.652. The normalized spacial score (nSPS) is 11.5. The number of benzene rings is 1. The molecule has 0 aliphatic carbocycles. The smallest absolute Gasteiger partial charge is 0.190 e. The Morgan fingerprint density at radius 2 is 1.64 bits per heavy atom. The van der Waals surface area contributed by atoms with Gasteiger partial charge >= 0.3 is 0 Å². The van der Waals surface area contributed by atoms with E-state index in [9.17, 15) is 0 Å². The molecule has 22 heavy (non-hydrogen) atoms. The van der Waals surface area contributed by atoms with Gasteiger partial charge in [0.15, 0.2) is 5.96 Å². The highest BCUT2D eigenvalue weighted by Crippen LogP contribution is 2.05. The van der Waals surface area contributed by atoms with Crippen molar-refractivity contribution >= 4 is 17.7 Å². The maximum Gasteiger partial charge on any atom is 0.190 e. The van der Waals surface area contributed by atoms with Gasteiger partial charge in [0, 0.05) is 20.1 Å². The number of nitrogens with zero attached hydrogens (tertiary/aromatic N) is 1. The second-order valence-corrected chi connectivity index (χ2v) is 6.41. The lowest BCUT2D eigenvalue weighted by Crippen LogP contribution is -2.38. The zero-order valence-electron chi connectivity index (χ0n) is 14.1. The number of guanidine groups is 1. The molecule has 0 aliphatic rings. The highest BCUT2D eigenvalue weighted by atomic mass is 32.2. The Bertz CT molecular complexity index is 393. The van der Waals surface area contributed by atoms with Crippen LogP contribution in [0.25, 0.3) is 0 Å². The molecule has 3 nitrogen and oxygen atoms in total. The summed E-state index contributed by atoms with van der Waals surface area (Å²) in [4.78, 5) is 4.26. The topological polar surface area (TPSA) is 36.4 Å². The van der Waals surface area contributed by atoms with Gasteiger partial charge in [-0.05, 0) is 49.7 Å². The predicted molar refractivity (Wildman–Crippen MR) is 101 cm³/mol. The molecule has 0 saturated carbocycles. The van der Waals surface area contributed by atoms with E-state index in [-0.39, 0.29) is 0 Å². The highest BCUT2D eigenvalue weighted by Gasteiger charge is 1.97. The lowest BCUT2D eigenvalue weighted by Gasteiger charge is -2.11. The molecule has 124 valence electrons. The molecule has 0 aliphatic heterocycles. The number of hydrogen-bond acceptors (Lipinski definition) is 2. The summed E-state index contributed by atoms with van der Waals surface area (Å²) in [5, 5.41) is 6.77. The minimum Gasteiger partial charge on any atom is -0.356 e. The van der Waals surface area contributed by atoms with E-state index < -0.39 is 0 Å². The zero-order chi connectivity index (χ0) is 15.9. The molecule has 0 radical (unpaired) electrons. The Hall–Kier alpha value is -1.16. The Labute approximate surface area is 140 Å². The van der Waals surface area contributed by atoms with Crippen LogP contribution in [0.5, 0.6) is 0 Å². The fraction of sp³-hybridized carbons (Fsp3) is 0.611. The van der Waals surface area contributed by atoms with E-state index in [1.165, 1.54) is 49.8 Å². The van der Waals surface area contributed by atoms with E-state index in [0.29, 0.717) is 0 Å². The van der Waals surface area contributed by atoms with Crippen LogP contribution in [-0.2, 0) is 6.42 Å². The van der Waals surface area contributed by atoms with Crippen molar-refractivity contribution < 1.29 is 0 Å². The van der Waals surface area contributed by atoms with Gasteiger partial charge in [0.2, 0.25) is 0 Å². The monoisotopic (exact) mass is 321 g/mol. The first kappa shape index (κ1) is 18.9. The van der Waals surface area contributed by atoms with Crippen LogP contribution in [0.1, 0.15) is 37.7 Å². The predicted octanol–water partition coefficient (Wildman–Crippen LogP) is 3.71. The first-order valence-electron chi connectivity index (χ1n) is 8.34. The van der Waals surface area contributed by atoms with Crippen molar-refractivity contribution in [1.82, 2.24) is 10.6 Å². The number of thioether (sulfide) groups is 1. The molecule has 2 N–H and O–H groups in total. The van der Waals surface area contributed by atoms with Crippen LogP contribution in [0.3, 0.4) is 0 Å². The molecule has 1 aromatic rings. The molecule has 0 unspecified atom stereocenters. The number of nitrogens with one attached hydrogen (secondary N) is 2. The van der Waals surface area contributed by atoms with Crippen molar-refractivity contribution in [1.29, 1.82) is 0 Å². The molecule has 0 amide bonds. The van der Waals surface area contributed by atoms with Crippen LogP contribution < -0.4 is 10.6 Å². The quantitative estimate of drug-likeness (QED) is 0.370. The number of hydrogen-bond donors (Lipinski definition) is 2. The first-order valence-corrected chi connectivity index (χ1v) is 9.73. The molecule has 0 saturated heterocycles. The van der Waals surface area contributed by atoms with Crippen molar-refractivity contribution in [3.63, 3.8) is 0 Å². The molecular weight excluding hydrogens is 290 g/mol. The van der Waals surface area contributed by atoms with Crippen LogP contribution in [0.2, 0.25) is 0 Å². The molecule has 0 spiro atoms. The van der Waals surface area contributed by atoms with Crippen molar-refractivity contribution in [3.05, 3.63) is 35.9 Å². The van der Waals surface area contributed by atoms with Gasteiger partial charge in [0.25, 0.3) is 0 Å². The minimum atomic E-state index is 0.937. The van der Waals surface area contributed by atoms with Crippen LogP contribution >= 0.6 is 11.8 Å². The third kappa shape index (κ3) is 9.72. The molecule has 0 heterocycles. The molecule has 0 fully saturated rings. The van der Waals surface area contributed by atoms with Crippen LogP contribution in [-0.4, -0.2) is 38.1 Å². The van der Waals surface area contributed by atoms with Gasteiger partial charge in [0.05, 0.1) is 0 Å². The summed E-state index contributed by atoms with van der Waals surface area (Å²) >= 11 is 1.91. The van der Waals surface area contributed by atoms with Gasteiger partial charge in [-0.25, -0.2) is 0 Å². The summed E-state index contributed by atoms with van der Waals surface area (Å²) in [6, 6.07) is 10.7. The molecule has 1 rings (SSSR count). The van der Waals surface area contributed by atoms with Gasteiger partial charge in [-0.1, -0.05) is 36.8 Å². The summed E-state index contributed by atoms with van der Waals surface area (Å²) in [5.74, 6) is 2.18. The fourth-order valence-corrected chi connectivity index (χ4v) is 2.77. The van der Waals surface area contributed by atoms with E-state index in [0.717, 1.165) is 19.0 Å². The molecule has 4 heteroatoms. The van der Waals surface area contributed by atoms with Gasteiger partial charge < -0.3 is 10.6 Å². The molecule has 1 aromatic carbocycles. The number of aryl methyl sites for hydroxylation is 1. The minimum absolute atomic E-state index is 0.937. The zero-order valence-corrected chi connectivity index (χ0v) is 14.9. The molecule has 0 aromatic heterocycles. The summed E-state index contributed by atoms with van der Waals surface area (Å²) in [7, 11) is 1.84. The first-order chi connectivity index (χ1) is 10.9. The average molecular weight is 322 g/mol. The molecule has 0 bridgehead atoms. The van der Waals surface area contributed by atoms with Crippen LogP contribution in [0.4, 0.5) is 0 Å². The third-order valence-corrected chi connectivity index (χ3v) is 4.27. The summed E-state index contributed by atoms with van der Waals surface area (Å²) in [5.41, 5.74) is 1.44.